The second kappa shape index (κ2) is 7.25. The van der Waals surface area contributed by atoms with Gasteiger partial charge < -0.3 is 9.84 Å². The van der Waals surface area contributed by atoms with E-state index in [4.69, 9.17) is 0 Å². The fraction of sp³-hybridized carbons (Fsp3) is 0.462. The molecule has 0 aromatic heterocycles. The van der Waals surface area contributed by atoms with Gasteiger partial charge in [-0.2, -0.15) is 0 Å². The van der Waals surface area contributed by atoms with E-state index in [1.54, 1.807) is 19.1 Å². The fourth-order valence-electron chi connectivity index (χ4n) is 1.70. The third-order valence-corrected chi connectivity index (χ3v) is 4.29. The maximum atomic E-state index is 11.8. The van der Waals surface area contributed by atoms with E-state index in [1.165, 1.54) is 19.2 Å². The Kier molecular flexibility index (Phi) is 5.97. The van der Waals surface area contributed by atoms with Gasteiger partial charge in [0, 0.05) is 12.5 Å². The van der Waals surface area contributed by atoms with Gasteiger partial charge in [0.25, 0.3) is 0 Å². The highest BCUT2D eigenvalue weighted by atomic mass is 32.2. The molecule has 0 saturated heterocycles. The normalized spacial score (nSPS) is 12.9. The van der Waals surface area contributed by atoms with Crippen LogP contribution in [0.4, 0.5) is 0 Å². The van der Waals surface area contributed by atoms with E-state index >= 15 is 0 Å². The number of hydrogen-bond donors (Lipinski definition) is 2. The van der Waals surface area contributed by atoms with Crippen molar-refractivity contribution in [3.05, 3.63) is 29.8 Å². The molecule has 1 unspecified atom stereocenters. The standard InChI is InChI=1S/C13H19NO5S/c1-10(11-5-3-6-12(15)9-11)14-20(17,18)8-4-7-13(16)19-2/h3,5-6,9-10,14-15H,4,7-8H2,1-2H3. The number of nitrogens with one attached hydrogen (secondary N) is 1. The van der Waals surface area contributed by atoms with Crippen LogP contribution in [0.1, 0.15) is 31.4 Å². The van der Waals surface area contributed by atoms with Crippen LogP contribution in [0.15, 0.2) is 24.3 Å². The summed E-state index contributed by atoms with van der Waals surface area (Å²) in [5.41, 5.74) is 0.668. The van der Waals surface area contributed by atoms with Gasteiger partial charge in [0.15, 0.2) is 0 Å². The third kappa shape index (κ3) is 5.58. The van der Waals surface area contributed by atoms with Gasteiger partial charge in [0.2, 0.25) is 10.0 Å². The molecule has 7 heteroatoms. The van der Waals surface area contributed by atoms with Crippen molar-refractivity contribution in [1.29, 1.82) is 0 Å². The summed E-state index contributed by atoms with van der Waals surface area (Å²) in [5, 5.41) is 9.36. The van der Waals surface area contributed by atoms with Crippen molar-refractivity contribution in [2.24, 2.45) is 0 Å². The van der Waals surface area contributed by atoms with Crippen molar-refractivity contribution < 1.29 is 23.1 Å². The Balaban J connectivity index is 2.55. The fourth-order valence-corrected chi connectivity index (χ4v) is 3.02. The van der Waals surface area contributed by atoms with Gasteiger partial charge in [0.05, 0.1) is 12.9 Å². The maximum absolute atomic E-state index is 11.8. The van der Waals surface area contributed by atoms with Gasteiger partial charge in [-0.05, 0) is 31.0 Å². The third-order valence-electron chi connectivity index (χ3n) is 2.75. The van der Waals surface area contributed by atoms with Crippen LogP contribution < -0.4 is 4.72 Å². The summed E-state index contributed by atoms with van der Waals surface area (Å²) < 4.78 is 30.6. The molecule has 112 valence electrons. The van der Waals surface area contributed by atoms with Gasteiger partial charge in [-0.1, -0.05) is 12.1 Å². The van der Waals surface area contributed by atoms with Gasteiger partial charge in [-0.3, -0.25) is 4.79 Å². The van der Waals surface area contributed by atoms with Crippen LogP contribution in [-0.2, 0) is 19.6 Å². The Morgan fingerprint density at radius 1 is 1.45 bits per heavy atom. The van der Waals surface area contributed by atoms with Crippen LogP contribution >= 0.6 is 0 Å². The number of sulfonamides is 1. The molecular formula is C13H19NO5S. The maximum Gasteiger partial charge on any atom is 0.305 e. The van der Waals surface area contributed by atoms with Crippen LogP contribution in [0.2, 0.25) is 0 Å². The number of carbonyl (C=O) groups excluding carboxylic acids is 1. The van der Waals surface area contributed by atoms with Crippen LogP contribution in [0.25, 0.3) is 0 Å². The highest BCUT2D eigenvalue weighted by molar-refractivity contribution is 7.89. The van der Waals surface area contributed by atoms with Crippen LogP contribution in [0, 0.1) is 0 Å². The van der Waals surface area contributed by atoms with E-state index in [0.717, 1.165) is 0 Å². The summed E-state index contributed by atoms with van der Waals surface area (Å²) in [6.07, 6.45) is 0.271. The van der Waals surface area contributed by atoms with E-state index in [2.05, 4.69) is 9.46 Å². The quantitative estimate of drug-likeness (QED) is 0.741. The lowest BCUT2D eigenvalue weighted by Gasteiger charge is -2.14. The highest BCUT2D eigenvalue weighted by Crippen LogP contribution is 2.18. The first-order chi connectivity index (χ1) is 9.34. The zero-order valence-corrected chi connectivity index (χ0v) is 12.3. The van der Waals surface area contributed by atoms with Crippen molar-refractivity contribution in [3.8, 4) is 5.75 Å². The first-order valence-corrected chi connectivity index (χ1v) is 7.85. The number of esters is 1. The molecule has 0 bridgehead atoms. The largest absolute Gasteiger partial charge is 0.508 e. The van der Waals surface area contributed by atoms with Crippen molar-refractivity contribution in [3.63, 3.8) is 0 Å². The highest BCUT2D eigenvalue weighted by Gasteiger charge is 2.16. The molecule has 2 N–H and O–H groups in total. The van der Waals surface area contributed by atoms with Crippen molar-refractivity contribution in [2.75, 3.05) is 12.9 Å². The number of methoxy groups -OCH3 is 1. The van der Waals surface area contributed by atoms with E-state index in [0.29, 0.717) is 5.56 Å². The number of benzene rings is 1. The molecule has 0 radical (unpaired) electrons. The molecule has 6 nitrogen and oxygen atoms in total. The Labute approximate surface area is 118 Å². The Morgan fingerprint density at radius 2 is 2.15 bits per heavy atom. The number of phenolic OH excluding ortho intramolecular Hbond substituents is 1. The topological polar surface area (TPSA) is 92.7 Å². The number of ether oxygens (including phenoxy) is 1. The van der Waals surface area contributed by atoms with Gasteiger partial charge in [0.1, 0.15) is 5.75 Å². The lowest BCUT2D eigenvalue weighted by molar-refractivity contribution is -0.140. The smallest absolute Gasteiger partial charge is 0.305 e. The van der Waals surface area contributed by atoms with E-state index in [9.17, 15) is 18.3 Å². The summed E-state index contributed by atoms with van der Waals surface area (Å²) in [6.45, 7) is 1.69. The molecule has 0 amide bonds. The molecule has 0 spiro atoms. The molecule has 0 saturated carbocycles. The second-order valence-electron chi connectivity index (χ2n) is 4.43. The lowest BCUT2D eigenvalue weighted by Crippen LogP contribution is -2.29. The van der Waals surface area contributed by atoms with Crippen molar-refractivity contribution in [2.45, 2.75) is 25.8 Å². The number of aromatic hydroxyl groups is 1. The minimum Gasteiger partial charge on any atom is -0.508 e. The molecule has 0 heterocycles. The average molecular weight is 301 g/mol. The molecule has 1 aromatic carbocycles. The Morgan fingerprint density at radius 3 is 2.75 bits per heavy atom. The molecular weight excluding hydrogens is 282 g/mol. The SMILES string of the molecule is COC(=O)CCCS(=O)(=O)NC(C)c1cccc(O)c1. The summed E-state index contributed by atoms with van der Waals surface area (Å²) in [6, 6.07) is 5.93. The Hall–Kier alpha value is -1.60. The molecule has 0 aliphatic heterocycles. The summed E-state index contributed by atoms with van der Waals surface area (Å²) in [5.74, 6) is -0.494. The zero-order chi connectivity index (χ0) is 15.2. The minimum absolute atomic E-state index is 0.0674. The van der Waals surface area contributed by atoms with E-state index < -0.39 is 22.0 Å². The number of hydrogen-bond acceptors (Lipinski definition) is 5. The lowest BCUT2D eigenvalue weighted by atomic mass is 10.1. The van der Waals surface area contributed by atoms with Crippen LogP contribution in [-0.4, -0.2) is 32.4 Å². The molecule has 0 fully saturated rings. The van der Waals surface area contributed by atoms with E-state index in [-0.39, 0.29) is 24.3 Å². The first-order valence-electron chi connectivity index (χ1n) is 6.20. The predicted molar refractivity (Wildman–Crippen MR) is 74.7 cm³/mol. The molecule has 1 atom stereocenters. The zero-order valence-electron chi connectivity index (χ0n) is 11.5. The van der Waals surface area contributed by atoms with Gasteiger partial charge in [-0.15, -0.1) is 0 Å². The average Bonchev–Trinajstić information content (AvgIpc) is 2.37. The van der Waals surface area contributed by atoms with Crippen molar-refractivity contribution in [1.82, 2.24) is 4.72 Å². The summed E-state index contributed by atoms with van der Waals surface area (Å²) >= 11 is 0. The molecule has 0 aliphatic carbocycles. The number of carbonyl (C=O) groups is 1. The molecule has 1 aromatic rings. The second-order valence-corrected chi connectivity index (χ2v) is 6.31. The minimum atomic E-state index is -3.49. The van der Waals surface area contributed by atoms with Crippen LogP contribution in [0.5, 0.6) is 5.75 Å². The number of rotatable bonds is 7. The van der Waals surface area contributed by atoms with Crippen LogP contribution in [0.3, 0.4) is 0 Å². The number of phenols is 1. The molecule has 1 rings (SSSR count). The molecule has 0 aliphatic rings. The monoisotopic (exact) mass is 301 g/mol. The predicted octanol–water partition coefficient (Wildman–Crippen LogP) is 1.33. The summed E-state index contributed by atoms with van der Waals surface area (Å²) in [7, 11) is -2.22. The Bertz CT molecular complexity index is 556. The van der Waals surface area contributed by atoms with Gasteiger partial charge >= 0.3 is 5.97 Å². The first kappa shape index (κ1) is 16.5. The van der Waals surface area contributed by atoms with Crippen molar-refractivity contribution >= 4 is 16.0 Å². The van der Waals surface area contributed by atoms with Gasteiger partial charge in [-0.25, -0.2) is 13.1 Å². The molecule has 20 heavy (non-hydrogen) atoms. The summed E-state index contributed by atoms with van der Waals surface area (Å²) in [4.78, 5) is 10.9. The van der Waals surface area contributed by atoms with E-state index in [1.807, 2.05) is 0 Å².